The van der Waals surface area contributed by atoms with Gasteiger partial charge in [0.05, 0.1) is 11.4 Å². The van der Waals surface area contributed by atoms with Crippen molar-refractivity contribution in [3.63, 3.8) is 0 Å². The third kappa shape index (κ3) is 4.80. The van der Waals surface area contributed by atoms with Crippen LogP contribution in [-0.2, 0) is 5.41 Å². The van der Waals surface area contributed by atoms with Crippen LogP contribution in [0, 0.1) is 0 Å². The van der Waals surface area contributed by atoms with Gasteiger partial charge in [0.1, 0.15) is 22.3 Å². The summed E-state index contributed by atoms with van der Waals surface area (Å²) in [5, 5.41) is 6.81. The van der Waals surface area contributed by atoms with Crippen LogP contribution in [0.1, 0.15) is 25.0 Å². The fraction of sp³-hybridized carbons (Fsp3) is 0.0545. The van der Waals surface area contributed by atoms with E-state index in [0.29, 0.717) is 0 Å². The molecule has 0 atom stereocenters. The van der Waals surface area contributed by atoms with Crippen LogP contribution in [-0.4, -0.2) is 0 Å². The maximum absolute atomic E-state index is 6.55. The first kappa shape index (κ1) is 32.8. The lowest BCUT2D eigenvalue weighted by atomic mass is 9.82. The zero-order valence-electron chi connectivity index (χ0n) is 32.2. The second-order valence-electron chi connectivity index (χ2n) is 16.1. The van der Waals surface area contributed by atoms with Crippen LogP contribution in [0.15, 0.2) is 197 Å². The van der Waals surface area contributed by atoms with E-state index >= 15 is 0 Å². The number of hydrogen-bond acceptors (Lipinski definition) is 3. The molecule has 0 N–H and O–H groups in total. The predicted molar refractivity (Wildman–Crippen MR) is 242 cm³/mol. The van der Waals surface area contributed by atoms with Crippen LogP contribution in [0.2, 0.25) is 0 Å². The summed E-state index contributed by atoms with van der Waals surface area (Å²) in [6.07, 6.45) is 0. The number of fused-ring (bicyclic) bond motifs is 11. The Balaban J connectivity index is 1.05. The predicted octanol–water partition coefficient (Wildman–Crippen LogP) is 15.7. The highest BCUT2D eigenvalue weighted by atomic mass is 16.3. The van der Waals surface area contributed by atoms with E-state index in [9.17, 15) is 0 Å². The fourth-order valence-electron chi connectivity index (χ4n) is 9.62. The van der Waals surface area contributed by atoms with Crippen molar-refractivity contribution in [2.75, 3.05) is 4.90 Å². The molecule has 274 valence electrons. The maximum Gasteiger partial charge on any atom is 0.143 e. The molecule has 3 nitrogen and oxygen atoms in total. The van der Waals surface area contributed by atoms with Crippen LogP contribution in [0.4, 0.5) is 17.1 Å². The molecule has 3 heteroatoms. The molecule has 0 radical (unpaired) electrons. The Morgan fingerprint density at radius 3 is 1.90 bits per heavy atom. The number of rotatable bonds is 5. The first-order valence-electron chi connectivity index (χ1n) is 20.0. The smallest absolute Gasteiger partial charge is 0.143 e. The lowest BCUT2D eigenvalue weighted by Crippen LogP contribution is -2.16. The van der Waals surface area contributed by atoms with Gasteiger partial charge in [-0.2, -0.15) is 0 Å². The van der Waals surface area contributed by atoms with Gasteiger partial charge in [-0.25, -0.2) is 0 Å². The van der Waals surface area contributed by atoms with Gasteiger partial charge in [0.2, 0.25) is 0 Å². The molecular formula is C55H37NO2. The number of hydrogen-bond donors (Lipinski definition) is 0. The summed E-state index contributed by atoms with van der Waals surface area (Å²) in [5.41, 5.74) is 16.7. The fourth-order valence-corrected chi connectivity index (χ4v) is 9.62. The van der Waals surface area contributed by atoms with E-state index < -0.39 is 0 Å². The quantitative estimate of drug-likeness (QED) is 0.176. The molecule has 0 unspecified atom stereocenters. The molecule has 11 aromatic rings. The lowest BCUT2D eigenvalue weighted by molar-refractivity contribution is 0.660. The van der Waals surface area contributed by atoms with Crippen molar-refractivity contribution in [1.29, 1.82) is 0 Å². The summed E-state index contributed by atoms with van der Waals surface area (Å²) in [6.45, 7) is 4.70. The van der Waals surface area contributed by atoms with Gasteiger partial charge in [-0.05, 0) is 99.4 Å². The van der Waals surface area contributed by atoms with E-state index in [2.05, 4.69) is 195 Å². The van der Waals surface area contributed by atoms with E-state index in [-0.39, 0.29) is 5.41 Å². The summed E-state index contributed by atoms with van der Waals surface area (Å²) >= 11 is 0. The molecule has 9 aromatic carbocycles. The molecule has 0 bridgehead atoms. The second-order valence-corrected chi connectivity index (χ2v) is 16.1. The van der Waals surface area contributed by atoms with Crippen LogP contribution in [0.5, 0.6) is 0 Å². The summed E-state index contributed by atoms with van der Waals surface area (Å²) in [5.74, 6) is 0. The Bertz CT molecular complexity index is 3440. The van der Waals surface area contributed by atoms with Crippen LogP contribution < -0.4 is 4.90 Å². The van der Waals surface area contributed by atoms with Gasteiger partial charge in [-0.1, -0.05) is 141 Å². The van der Waals surface area contributed by atoms with E-state index in [1.54, 1.807) is 0 Å². The molecule has 1 aliphatic rings. The SMILES string of the molecule is CC1(C)c2ccccc2-c2c(N(c3ccc(-c4ccc5oc6ccccc6c5c4)cc3)c3ccccc3-c3ccc4oc5c6ccccc6ccc5c4c3)cccc21. The highest BCUT2D eigenvalue weighted by Crippen LogP contribution is 2.55. The summed E-state index contributed by atoms with van der Waals surface area (Å²) in [4.78, 5) is 2.47. The number of para-hydroxylation sites is 2. The normalized spacial score (nSPS) is 13.1. The average Bonchev–Trinajstić information content (AvgIpc) is 3.92. The van der Waals surface area contributed by atoms with E-state index in [0.717, 1.165) is 88.6 Å². The third-order valence-electron chi connectivity index (χ3n) is 12.5. The highest BCUT2D eigenvalue weighted by Gasteiger charge is 2.38. The number of benzene rings is 9. The minimum Gasteiger partial charge on any atom is -0.456 e. The Hall–Kier alpha value is -7.36. The van der Waals surface area contributed by atoms with Gasteiger partial charge in [0.25, 0.3) is 0 Å². The van der Waals surface area contributed by atoms with Crippen molar-refractivity contribution in [3.05, 3.63) is 199 Å². The second kappa shape index (κ2) is 12.3. The Morgan fingerprint density at radius 2 is 1.02 bits per heavy atom. The first-order valence-corrected chi connectivity index (χ1v) is 20.0. The van der Waals surface area contributed by atoms with Crippen molar-refractivity contribution in [3.8, 4) is 33.4 Å². The molecule has 0 amide bonds. The first-order chi connectivity index (χ1) is 28.5. The van der Waals surface area contributed by atoms with Gasteiger partial charge < -0.3 is 13.7 Å². The van der Waals surface area contributed by atoms with Crippen LogP contribution >= 0.6 is 0 Å². The van der Waals surface area contributed by atoms with Crippen LogP contribution in [0.3, 0.4) is 0 Å². The molecule has 1 aliphatic carbocycles. The van der Waals surface area contributed by atoms with Gasteiger partial charge in [-0.15, -0.1) is 0 Å². The molecule has 12 rings (SSSR count). The molecule has 0 saturated heterocycles. The standard InChI is InChI=1S/C55H37NO2/c1-55(2)46-17-8-5-16-43(46)53-47(55)18-11-20-49(53)56(38-27-22-34(23-28-38)36-25-30-51-44(32-36)41-15-7-10-21-50(41)57-51)48-19-9-6-13-39(48)37-26-31-52-45(33-37)42-29-24-35-12-3-4-14-40(35)54(42)58-52/h3-33H,1-2H3. The largest absolute Gasteiger partial charge is 0.456 e. The molecule has 0 spiro atoms. The van der Waals surface area contributed by atoms with Crippen molar-refractivity contribution in [2.45, 2.75) is 19.3 Å². The summed E-state index contributed by atoms with van der Waals surface area (Å²) < 4.78 is 12.7. The van der Waals surface area contributed by atoms with Crippen molar-refractivity contribution < 1.29 is 8.83 Å². The molecule has 0 aliphatic heterocycles. The monoisotopic (exact) mass is 743 g/mol. The molecular weight excluding hydrogens is 707 g/mol. The molecule has 0 fully saturated rings. The lowest BCUT2D eigenvalue weighted by Gasteiger charge is -2.30. The Labute approximate surface area is 336 Å². The van der Waals surface area contributed by atoms with Gasteiger partial charge in [0, 0.05) is 49.2 Å². The van der Waals surface area contributed by atoms with Crippen molar-refractivity contribution in [1.82, 2.24) is 0 Å². The molecule has 58 heavy (non-hydrogen) atoms. The summed E-state index contributed by atoms with van der Waals surface area (Å²) in [6, 6.07) is 67.9. The molecule has 2 heterocycles. The minimum absolute atomic E-state index is 0.134. The van der Waals surface area contributed by atoms with Crippen molar-refractivity contribution in [2.24, 2.45) is 0 Å². The van der Waals surface area contributed by atoms with Gasteiger partial charge in [0.15, 0.2) is 0 Å². The van der Waals surface area contributed by atoms with Crippen molar-refractivity contribution >= 4 is 71.7 Å². The van der Waals surface area contributed by atoms with E-state index in [1.807, 2.05) is 12.1 Å². The minimum atomic E-state index is -0.134. The molecule has 2 aromatic heterocycles. The topological polar surface area (TPSA) is 29.5 Å². The zero-order valence-corrected chi connectivity index (χ0v) is 32.2. The summed E-state index contributed by atoms with van der Waals surface area (Å²) in [7, 11) is 0. The zero-order chi connectivity index (χ0) is 38.5. The number of furan rings is 2. The maximum atomic E-state index is 6.55. The number of anilines is 3. The number of nitrogens with zero attached hydrogens (tertiary/aromatic N) is 1. The third-order valence-corrected chi connectivity index (χ3v) is 12.5. The van der Waals surface area contributed by atoms with Crippen LogP contribution in [0.25, 0.3) is 88.0 Å². The van der Waals surface area contributed by atoms with E-state index in [1.165, 1.54) is 27.6 Å². The van der Waals surface area contributed by atoms with Gasteiger partial charge >= 0.3 is 0 Å². The van der Waals surface area contributed by atoms with Gasteiger partial charge in [-0.3, -0.25) is 0 Å². The average molecular weight is 744 g/mol. The highest BCUT2D eigenvalue weighted by molar-refractivity contribution is 6.16. The Morgan fingerprint density at radius 1 is 0.397 bits per heavy atom. The molecule has 0 saturated carbocycles. The Kier molecular flexibility index (Phi) is 6.98. The van der Waals surface area contributed by atoms with E-state index in [4.69, 9.17) is 8.83 Å².